The van der Waals surface area contributed by atoms with Crippen molar-refractivity contribution >= 4 is 40.4 Å². The molecule has 3 aromatic rings. The number of ether oxygens (including phenoxy) is 1. The number of aliphatic imine (C=N–C) groups is 1. The second kappa shape index (κ2) is 8.31. The number of rotatable bonds is 5. The quantitative estimate of drug-likeness (QED) is 0.515. The molecule has 1 aliphatic heterocycles. The first kappa shape index (κ1) is 21.7. The first-order valence-corrected chi connectivity index (χ1v) is 11.2. The van der Waals surface area contributed by atoms with Crippen LogP contribution in [0.1, 0.15) is 28.8 Å². The van der Waals surface area contributed by atoms with Gasteiger partial charge in [-0.3, -0.25) is 14.5 Å². The third-order valence-corrected chi connectivity index (χ3v) is 6.28. The van der Waals surface area contributed by atoms with Gasteiger partial charge < -0.3 is 10.5 Å². The van der Waals surface area contributed by atoms with Gasteiger partial charge >= 0.3 is 0 Å². The number of carbonyl (C=O) groups excluding carboxylic acids is 1. The number of nitrogens with zero attached hydrogens (tertiary/aromatic N) is 4. The second-order valence-corrected chi connectivity index (χ2v) is 8.87. The van der Waals surface area contributed by atoms with Crippen molar-refractivity contribution in [2.75, 3.05) is 13.1 Å². The summed E-state index contributed by atoms with van der Waals surface area (Å²) in [6, 6.07) is 7.01. The standard InChI is InChI=1S/C24H19Cl2N5O2/c1-28-23-16(7-13(25)8-21(23)33-14-3-4-14)24-17(10-30-31(24)2)12-5-15-19(9-27)29-11-20(32)22(15)18(26)6-12/h5-8,10,14H,3-4,9,11,27H2,2H3. The number of halogens is 2. The number of Topliss-reactive ketones (excluding diaryl/α,β-unsaturated/α-hetero) is 1. The van der Waals surface area contributed by atoms with Gasteiger partial charge in [-0.2, -0.15) is 5.10 Å². The van der Waals surface area contributed by atoms with Crippen LogP contribution in [-0.4, -0.2) is 40.5 Å². The molecule has 1 fully saturated rings. The maximum atomic E-state index is 12.4. The highest BCUT2D eigenvalue weighted by Crippen LogP contribution is 2.46. The number of fused-ring (bicyclic) bond motifs is 1. The van der Waals surface area contributed by atoms with Crippen molar-refractivity contribution in [2.24, 2.45) is 17.8 Å². The molecule has 33 heavy (non-hydrogen) atoms. The number of hydrogen-bond acceptors (Lipinski definition) is 5. The number of aromatic nitrogens is 2. The van der Waals surface area contributed by atoms with Gasteiger partial charge in [0.25, 0.3) is 0 Å². The first-order valence-electron chi connectivity index (χ1n) is 10.4. The van der Waals surface area contributed by atoms with Crippen molar-refractivity contribution < 1.29 is 9.53 Å². The largest absolute Gasteiger partial charge is 0.501 e. The molecule has 0 atom stereocenters. The molecule has 2 aromatic carbocycles. The molecule has 0 unspecified atom stereocenters. The van der Waals surface area contributed by atoms with Crippen molar-refractivity contribution in [3.05, 3.63) is 63.1 Å². The van der Waals surface area contributed by atoms with Crippen LogP contribution in [0.15, 0.2) is 35.5 Å². The predicted molar refractivity (Wildman–Crippen MR) is 129 cm³/mol. The van der Waals surface area contributed by atoms with Gasteiger partial charge in [0, 0.05) is 40.9 Å². The summed E-state index contributed by atoms with van der Waals surface area (Å²) in [5, 5.41) is 5.23. The Morgan fingerprint density at radius 1 is 1.21 bits per heavy atom. The van der Waals surface area contributed by atoms with E-state index < -0.39 is 0 Å². The van der Waals surface area contributed by atoms with Crippen LogP contribution >= 0.6 is 23.2 Å². The summed E-state index contributed by atoms with van der Waals surface area (Å²) >= 11 is 13.0. The molecule has 1 aliphatic carbocycles. The summed E-state index contributed by atoms with van der Waals surface area (Å²) in [6.45, 7) is 8.06. The molecule has 166 valence electrons. The number of nitrogens with two attached hydrogens (primary N) is 1. The lowest BCUT2D eigenvalue weighted by molar-refractivity contribution is 0.100. The highest BCUT2D eigenvalue weighted by Gasteiger charge is 2.28. The normalized spacial score (nSPS) is 15.1. The Kier molecular flexibility index (Phi) is 5.45. The first-order chi connectivity index (χ1) is 15.9. The average Bonchev–Trinajstić information content (AvgIpc) is 3.51. The lowest BCUT2D eigenvalue weighted by atomic mass is 9.91. The molecule has 1 aromatic heterocycles. The van der Waals surface area contributed by atoms with Crippen molar-refractivity contribution in [3.63, 3.8) is 0 Å². The van der Waals surface area contributed by atoms with Crippen LogP contribution in [0, 0.1) is 6.57 Å². The maximum Gasteiger partial charge on any atom is 0.237 e. The van der Waals surface area contributed by atoms with Crippen LogP contribution in [-0.2, 0) is 7.05 Å². The van der Waals surface area contributed by atoms with E-state index in [0.29, 0.717) is 49.6 Å². The van der Waals surface area contributed by atoms with E-state index in [-0.39, 0.29) is 25.0 Å². The molecule has 0 bridgehead atoms. The molecule has 5 rings (SSSR count). The van der Waals surface area contributed by atoms with E-state index in [0.717, 1.165) is 24.0 Å². The van der Waals surface area contributed by atoms with Crippen LogP contribution in [0.3, 0.4) is 0 Å². The lowest BCUT2D eigenvalue weighted by Crippen LogP contribution is -2.25. The van der Waals surface area contributed by atoms with E-state index in [1.165, 1.54) is 0 Å². The van der Waals surface area contributed by atoms with Gasteiger partial charge in [-0.25, -0.2) is 4.85 Å². The zero-order valence-corrected chi connectivity index (χ0v) is 19.2. The van der Waals surface area contributed by atoms with Gasteiger partial charge in [0.15, 0.2) is 5.78 Å². The zero-order valence-electron chi connectivity index (χ0n) is 17.7. The summed E-state index contributed by atoms with van der Waals surface area (Å²) in [6.07, 6.45) is 3.75. The van der Waals surface area contributed by atoms with E-state index in [1.807, 2.05) is 6.07 Å². The number of hydrogen-bond donors (Lipinski definition) is 1. The molecule has 0 radical (unpaired) electrons. The molecule has 1 saturated carbocycles. The Labute approximate surface area is 200 Å². The van der Waals surface area contributed by atoms with Crippen LogP contribution in [0.5, 0.6) is 5.75 Å². The Hall–Kier alpha value is -3.18. The van der Waals surface area contributed by atoms with Crippen LogP contribution in [0.2, 0.25) is 10.0 Å². The average molecular weight is 480 g/mol. The van der Waals surface area contributed by atoms with Crippen molar-refractivity contribution in [3.8, 4) is 28.1 Å². The fourth-order valence-electron chi connectivity index (χ4n) is 4.07. The summed E-state index contributed by atoms with van der Waals surface area (Å²) < 4.78 is 7.66. The third-order valence-electron chi connectivity index (χ3n) is 5.76. The molecule has 2 heterocycles. The van der Waals surface area contributed by atoms with E-state index in [1.54, 1.807) is 36.1 Å². The number of carbonyl (C=O) groups is 1. The monoisotopic (exact) mass is 479 g/mol. The topological polar surface area (TPSA) is 86.9 Å². The molecule has 7 nitrogen and oxygen atoms in total. The highest BCUT2D eigenvalue weighted by molar-refractivity contribution is 6.36. The molecule has 2 aliphatic rings. The Bertz CT molecular complexity index is 1380. The fraction of sp³-hybridized carbons (Fsp3) is 0.250. The lowest BCUT2D eigenvalue weighted by Gasteiger charge is -2.18. The second-order valence-electron chi connectivity index (χ2n) is 8.03. The van der Waals surface area contributed by atoms with Gasteiger partial charge in [-0.15, -0.1) is 0 Å². The Morgan fingerprint density at radius 2 is 2.00 bits per heavy atom. The Balaban J connectivity index is 1.71. The van der Waals surface area contributed by atoms with E-state index >= 15 is 0 Å². The van der Waals surface area contributed by atoms with Crippen molar-refractivity contribution in [1.29, 1.82) is 0 Å². The van der Waals surface area contributed by atoms with Crippen molar-refractivity contribution in [1.82, 2.24) is 9.78 Å². The minimum absolute atomic E-state index is 0.0391. The van der Waals surface area contributed by atoms with Gasteiger partial charge in [0.1, 0.15) is 12.3 Å². The smallest absolute Gasteiger partial charge is 0.237 e. The number of benzene rings is 2. The number of ketones is 1. The maximum absolute atomic E-state index is 12.4. The zero-order chi connectivity index (χ0) is 23.3. The van der Waals surface area contributed by atoms with Crippen molar-refractivity contribution in [2.45, 2.75) is 18.9 Å². The van der Waals surface area contributed by atoms with Crippen LogP contribution in [0.4, 0.5) is 5.69 Å². The Morgan fingerprint density at radius 3 is 2.70 bits per heavy atom. The molecule has 2 N–H and O–H groups in total. The summed E-state index contributed by atoms with van der Waals surface area (Å²) in [7, 11) is 1.80. The van der Waals surface area contributed by atoms with E-state index in [2.05, 4.69) is 14.9 Å². The highest BCUT2D eigenvalue weighted by atomic mass is 35.5. The van der Waals surface area contributed by atoms with Gasteiger partial charge in [0.05, 0.1) is 35.3 Å². The third kappa shape index (κ3) is 3.80. The van der Waals surface area contributed by atoms with E-state index in [4.69, 9.17) is 40.2 Å². The van der Waals surface area contributed by atoms with Gasteiger partial charge in [-0.05, 0) is 42.7 Å². The van der Waals surface area contributed by atoms with E-state index in [9.17, 15) is 4.79 Å². The molecular formula is C24H19Cl2N5O2. The fourth-order valence-corrected chi connectivity index (χ4v) is 4.61. The molecule has 0 saturated heterocycles. The summed E-state index contributed by atoms with van der Waals surface area (Å²) in [5.74, 6) is 0.325. The van der Waals surface area contributed by atoms with Crippen LogP contribution < -0.4 is 10.5 Å². The summed E-state index contributed by atoms with van der Waals surface area (Å²) in [5.41, 5.74) is 10.7. The molecular weight excluding hydrogens is 461 g/mol. The van der Waals surface area contributed by atoms with Gasteiger partial charge in [-0.1, -0.05) is 23.2 Å². The minimum atomic E-state index is -0.142. The minimum Gasteiger partial charge on any atom is -0.501 e. The summed E-state index contributed by atoms with van der Waals surface area (Å²) in [4.78, 5) is 20.5. The molecule has 0 spiro atoms. The predicted octanol–water partition coefficient (Wildman–Crippen LogP) is 5.10. The molecule has 0 amide bonds. The SMILES string of the molecule is [C-]#[N+]c1c(OC2CC2)cc(Cl)cc1-c1c(-c2cc(Cl)c3c(c2)C(CN)=NCC3=O)cnn1C. The molecule has 9 heteroatoms. The van der Waals surface area contributed by atoms with Crippen LogP contribution in [0.25, 0.3) is 27.2 Å². The van der Waals surface area contributed by atoms with Gasteiger partial charge in [0.2, 0.25) is 5.69 Å². The number of aryl methyl sites for hydroxylation is 1.